The molecular formula is C11H13BrFNO. The van der Waals surface area contributed by atoms with Gasteiger partial charge in [-0.3, -0.25) is 0 Å². The van der Waals surface area contributed by atoms with Gasteiger partial charge in [0.2, 0.25) is 0 Å². The van der Waals surface area contributed by atoms with Gasteiger partial charge in [-0.1, -0.05) is 21.5 Å². The lowest BCUT2D eigenvalue weighted by Gasteiger charge is -2.14. The van der Waals surface area contributed by atoms with Gasteiger partial charge in [0.25, 0.3) is 0 Å². The summed E-state index contributed by atoms with van der Waals surface area (Å²) < 4.78 is 13.7. The molecule has 1 rings (SSSR count). The fourth-order valence-electron chi connectivity index (χ4n) is 1.35. The third-order valence-electron chi connectivity index (χ3n) is 2.03. The van der Waals surface area contributed by atoms with Crippen LogP contribution in [0.25, 0.3) is 0 Å². The van der Waals surface area contributed by atoms with Gasteiger partial charge >= 0.3 is 0 Å². The number of phenolic OH excluding ortho intramolecular Hbond substituents is 1. The second-order valence-corrected chi connectivity index (χ2v) is 4.51. The normalized spacial score (nSPS) is 12.5. The molecule has 0 heterocycles. The Morgan fingerprint density at radius 2 is 2.27 bits per heavy atom. The van der Waals surface area contributed by atoms with Crippen molar-refractivity contribution < 1.29 is 9.50 Å². The standard InChI is InChI=1S/C11H13BrFNO/c1-6(2)3-10(14)8-4-7(12)5-9(13)11(8)15/h4-5,10,15H,1,3,14H2,2H3/t10-/m0/s1. The lowest BCUT2D eigenvalue weighted by Crippen LogP contribution is -2.11. The lowest BCUT2D eigenvalue weighted by molar-refractivity contribution is 0.420. The van der Waals surface area contributed by atoms with E-state index >= 15 is 0 Å². The van der Waals surface area contributed by atoms with Crippen molar-refractivity contribution in [3.63, 3.8) is 0 Å². The summed E-state index contributed by atoms with van der Waals surface area (Å²) in [5, 5.41) is 9.50. The number of aromatic hydroxyl groups is 1. The van der Waals surface area contributed by atoms with Crippen molar-refractivity contribution in [2.24, 2.45) is 5.73 Å². The molecule has 1 aromatic rings. The van der Waals surface area contributed by atoms with Gasteiger partial charge in [0.1, 0.15) is 0 Å². The highest BCUT2D eigenvalue weighted by atomic mass is 79.9. The van der Waals surface area contributed by atoms with Crippen LogP contribution < -0.4 is 5.73 Å². The minimum absolute atomic E-state index is 0.382. The van der Waals surface area contributed by atoms with Gasteiger partial charge in [0.15, 0.2) is 11.6 Å². The Hall–Kier alpha value is -0.870. The van der Waals surface area contributed by atoms with Gasteiger partial charge in [0, 0.05) is 16.1 Å². The SMILES string of the molecule is C=C(C)C[C@H](N)c1cc(Br)cc(F)c1O. The van der Waals surface area contributed by atoms with E-state index in [-0.39, 0.29) is 5.75 Å². The van der Waals surface area contributed by atoms with Crippen LogP contribution in [0.1, 0.15) is 24.9 Å². The zero-order valence-electron chi connectivity index (χ0n) is 8.43. The quantitative estimate of drug-likeness (QED) is 0.831. The first-order valence-electron chi connectivity index (χ1n) is 4.49. The third-order valence-corrected chi connectivity index (χ3v) is 2.48. The number of hydrogen-bond acceptors (Lipinski definition) is 2. The summed E-state index contributed by atoms with van der Waals surface area (Å²) in [5.41, 5.74) is 7.11. The van der Waals surface area contributed by atoms with Gasteiger partial charge in [-0.05, 0) is 25.5 Å². The van der Waals surface area contributed by atoms with E-state index in [1.54, 1.807) is 6.07 Å². The van der Waals surface area contributed by atoms with Crippen molar-refractivity contribution >= 4 is 15.9 Å². The molecule has 0 amide bonds. The Balaban J connectivity index is 3.07. The monoisotopic (exact) mass is 273 g/mol. The summed E-state index contributed by atoms with van der Waals surface area (Å²) in [5.74, 6) is -1.05. The fraction of sp³-hybridized carbons (Fsp3) is 0.273. The fourth-order valence-corrected chi connectivity index (χ4v) is 1.80. The van der Waals surface area contributed by atoms with Crippen LogP contribution in [0.2, 0.25) is 0 Å². The third kappa shape index (κ3) is 3.04. The number of benzene rings is 1. The number of phenols is 1. The summed E-state index contributed by atoms with van der Waals surface area (Å²) in [6, 6.07) is 2.38. The van der Waals surface area contributed by atoms with Crippen molar-refractivity contribution in [1.29, 1.82) is 0 Å². The predicted octanol–water partition coefficient (Wildman–Crippen LogP) is 3.26. The molecule has 15 heavy (non-hydrogen) atoms. The zero-order chi connectivity index (χ0) is 11.6. The van der Waals surface area contributed by atoms with E-state index in [1.807, 2.05) is 6.92 Å². The zero-order valence-corrected chi connectivity index (χ0v) is 10.0. The van der Waals surface area contributed by atoms with Crippen LogP contribution in [0.3, 0.4) is 0 Å². The Kier molecular flexibility index (Phi) is 3.88. The molecule has 3 N–H and O–H groups in total. The molecule has 0 aliphatic carbocycles. The molecule has 0 unspecified atom stereocenters. The molecule has 4 heteroatoms. The molecule has 0 aromatic heterocycles. The van der Waals surface area contributed by atoms with E-state index in [0.717, 1.165) is 5.57 Å². The lowest BCUT2D eigenvalue weighted by atomic mass is 10.0. The molecule has 0 spiro atoms. The van der Waals surface area contributed by atoms with Gasteiger partial charge in [-0.2, -0.15) is 0 Å². The average Bonchev–Trinajstić information content (AvgIpc) is 2.09. The molecule has 0 fully saturated rings. The summed E-state index contributed by atoms with van der Waals surface area (Å²) in [4.78, 5) is 0. The van der Waals surface area contributed by atoms with E-state index in [1.165, 1.54) is 6.07 Å². The molecule has 1 atom stereocenters. The van der Waals surface area contributed by atoms with Crippen LogP contribution in [0.5, 0.6) is 5.75 Å². The first-order valence-corrected chi connectivity index (χ1v) is 5.29. The number of halogens is 2. The van der Waals surface area contributed by atoms with Crippen LogP contribution in [-0.4, -0.2) is 5.11 Å². The number of nitrogens with two attached hydrogens (primary N) is 1. The number of rotatable bonds is 3. The Bertz CT molecular complexity index is 392. The summed E-state index contributed by atoms with van der Waals surface area (Å²) >= 11 is 3.15. The van der Waals surface area contributed by atoms with Gasteiger partial charge in [0.05, 0.1) is 0 Å². The molecular weight excluding hydrogens is 261 g/mol. The van der Waals surface area contributed by atoms with E-state index in [0.29, 0.717) is 16.5 Å². The topological polar surface area (TPSA) is 46.2 Å². The highest BCUT2D eigenvalue weighted by Gasteiger charge is 2.15. The second-order valence-electron chi connectivity index (χ2n) is 3.59. The minimum Gasteiger partial charge on any atom is -0.505 e. The van der Waals surface area contributed by atoms with Crippen LogP contribution in [0.15, 0.2) is 28.8 Å². The second kappa shape index (κ2) is 4.77. The van der Waals surface area contributed by atoms with Crippen molar-refractivity contribution in [3.05, 3.63) is 40.1 Å². The first-order chi connectivity index (χ1) is 6.91. The van der Waals surface area contributed by atoms with Crippen molar-refractivity contribution in [2.45, 2.75) is 19.4 Å². The highest BCUT2D eigenvalue weighted by molar-refractivity contribution is 9.10. The van der Waals surface area contributed by atoms with Crippen molar-refractivity contribution in [2.75, 3.05) is 0 Å². The summed E-state index contributed by atoms with van der Waals surface area (Å²) in [6.07, 6.45) is 0.517. The van der Waals surface area contributed by atoms with E-state index in [2.05, 4.69) is 22.5 Å². The maximum absolute atomic E-state index is 13.2. The molecule has 0 aliphatic heterocycles. The molecule has 0 saturated heterocycles. The van der Waals surface area contributed by atoms with Gasteiger partial charge in [-0.25, -0.2) is 4.39 Å². The smallest absolute Gasteiger partial charge is 0.166 e. The van der Waals surface area contributed by atoms with Crippen molar-refractivity contribution in [1.82, 2.24) is 0 Å². The molecule has 0 aliphatic rings. The first kappa shape index (κ1) is 12.2. The average molecular weight is 274 g/mol. The summed E-state index contributed by atoms with van der Waals surface area (Å²) in [6.45, 7) is 5.57. The van der Waals surface area contributed by atoms with Crippen LogP contribution in [-0.2, 0) is 0 Å². The van der Waals surface area contributed by atoms with Crippen LogP contribution >= 0.6 is 15.9 Å². The number of hydrogen-bond donors (Lipinski definition) is 2. The van der Waals surface area contributed by atoms with Crippen LogP contribution in [0, 0.1) is 5.82 Å². The Labute approximate surface area is 96.7 Å². The van der Waals surface area contributed by atoms with Crippen molar-refractivity contribution in [3.8, 4) is 5.75 Å². The molecule has 2 nitrogen and oxygen atoms in total. The highest BCUT2D eigenvalue weighted by Crippen LogP contribution is 2.31. The van der Waals surface area contributed by atoms with Gasteiger partial charge in [-0.15, -0.1) is 6.58 Å². The minimum atomic E-state index is -0.670. The van der Waals surface area contributed by atoms with E-state index in [9.17, 15) is 9.50 Å². The Morgan fingerprint density at radius 3 is 2.80 bits per heavy atom. The molecule has 82 valence electrons. The Morgan fingerprint density at radius 1 is 1.67 bits per heavy atom. The van der Waals surface area contributed by atoms with E-state index < -0.39 is 11.9 Å². The molecule has 0 bridgehead atoms. The van der Waals surface area contributed by atoms with Gasteiger partial charge < -0.3 is 10.8 Å². The maximum atomic E-state index is 13.2. The molecule has 0 radical (unpaired) electrons. The van der Waals surface area contributed by atoms with E-state index in [4.69, 9.17) is 5.73 Å². The predicted molar refractivity (Wildman–Crippen MR) is 62.1 cm³/mol. The maximum Gasteiger partial charge on any atom is 0.166 e. The molecule has 0 saturated carbocycles. The van der Waals surface area contributed by atoms with Crippen LogP contribution in [0.4, 0.5) is 4.39 Å². The largest absolute Gasteiger partial charge is 0.505 e. The molecule has 1 aromatic carbocycles. The summed E-state index contributed by atoms with van der Waals surface area (Å²) in [7, 11) is 0.